The van der Waals surface area contributed by atoms with Gasteiger partial charge in [0.05, 0.1) is 6.10 Å². The molecule has 60 valence electrons. The lowest BCUT2D eigenvalue weighted by atomic mass is 10.2. The fraction of sp³-hybridized carbons (Fsp3) is 0.286. The van der Waals surface area contributed by atoms with Crippen LogP contribution in [0, 0.1) is 0 Å². The van der Waals surface area contributed by atoms with Crippen molar-refractivity contribution < 1.29 is 5.11 Å². The van der Waals surface area contributed by atoms with Gasteiger partial charge in [-0.25, -0.2) is 4.98 Å². The van der Waals surface area contributed by atoms with E-state index >= 15 is 0 Å². The van der Waals surface area contributed by atoms with Crippen molar-refractivity contribution in [3.8, 4) is 0 Å². The molecule has 1 aromatic rings. The van der Waals surface area contributed by atoms with Gasteiger partial charge in [-0.1, -0.05) is 15.9 Å². The average molecular weight is 281 g/mol. The predicted octanol–water partition coefficient (Wildman–Crippen LogP) is 2.66. The molecular formula is C7H7Br2NO. The minimum absolute atomic E-state index is 0.507. The number of pyridine rings is 1. The van der Waals surface area contributed by atoms with Gasteiger partial charge in [-0.2, -0.15) is 0 Å². The Labute approximate surface area is 81.9 Å². The molecule has 1 heterocycles. The SMILES string of the molecule is CC(O)c1c(Br)ccnc1Br. The zero-order valence-electron chi connectivity index (χ0n) is 5.88. The van der Waals surface area contributed by atoms with Crippen molar-refractivity contribution in [2.45, 2.75) is 13.0 Å². The van der Waals surface area contributed by atoms with Gasteiger partial charge >= 0.3 is 0 Å². The lowest BCUT2D eigenvalue weighted by molar-refractivity contribution is 0.197. The Balaban J connectivity index is 3.21. The van der Waals surface area contributed by atoms with E-state index in [1.54, 1.807) is 19.2 Å². The topological polar surface area (TPSA) is 33.1 Å². The third kappa shape index (κ3) is 2.01. The summed E-state index contributed by atoms with van der Waals surface area (Å²) in [6, 6.07) is 1.80. The van der Waals surface area contributed by atoms with Crippen molar-refractivity contribution >= 4 is 31.9 Å². The molecule has 0 fully saturated rings. The second-order valence-electron chi connectivity index (χ2n) is 2.17. The Bertz CT molecular complexity index is 242. The highest BCUT2D eigenvalue weighted by Gasteiger charge is 2.10. The molecule has 0 bridgehead atoms. The van der Waals surface area contributed by atoms with Crippen LogP contribution in [0.2, 0.25) is 0 Å². The zero-order chi connectivity index (χ0) is 8.43. The number of hydrogen-bond donors (Lipinski definition) is 1. The highest BCUT2D eigenvalue weighted by molar-refractivity contribution is 9.11. The summed E-state index contributed by atoms with van der Waals surface area (Å²) in [6.45, 7) is 1.70. The van der Waals surface area contributed by atoms with Gasteiger partial charge in [-0.15, -0.1) is 0 Å². The summed E-state index contributed by atoms with van der Waals surface area (Å²) in [7, 11) is 0. The average Bonchev–Trinajstić information content (AvgIpc) is 1.85. The van der Waals surface area contributed by atoms with Gasteiger partial charge in [0.25, 0.3) is 0 Å². The van der Waals surface area contributed by atoms with E-state index in [2.05, 4.69) is 36.8 Å². The first-order chi connectivity index (χ1) is 5.13. The Morgan fingerprint density at radius 2 is 2.18 bits per heavy atom. The quantitative estimate of drug-likeness (QED) is 0.803. The molecule has 0 radical (unpaired) electrons. The fourth-order valence-electron chi connectivity index (χ4n) is 0.798. The maximum Gasteiger partial charge on any atom is 0.112 e. The number of hydrogen-bond acceptors (Lipinski definition) is 2. The number of aliphatic hydroxyl groups is 1. The summed E-state index contributed by atoms with van der Waals surface area (Å²) in [5, 5.41) is 9.29. The Hall–Kier alpha value is 0.0700. The van der Waals surface area contributed by atoms with Gasteiger partial charge in [0, 0.05) is 16.2 Å². The summed E-state index contributed by atoms with van der Waals surface area (Å²) in [5.41, 5.74) is 0.785. The van der Waals surface area contributed by atoms with Gasteiger partial charge < -0.3 is 5.11 Å². The normalized spacial score (nSPS) is 13.1. The van der Waals surface area contributed by atoms with Crippen molar-refractivity contribution in [1.82, 2.24) is 4.98 Å². The molecular weight excluding hydrogens is 274 g/mol. The summed E-state index contributed by atoms with van der Waals surface area (Å²) in [4.78, 5) is 3.99. The Morgan fingerprint density at radius 1 is 1.55 bits per heavy atom. The molecule has 1 rings (SSSR count). The minimum atomic E-state index is -0.507. The van der Waals surface area contributed by atoms with Crippen molar-refractivity contribution in [2.24, 2.45) is 0 Å². The van der Waals surface area contributed by atoms with E-state index in [9.17, 15) is 5.11 Å². The van der Waals surface area contributed by atoms with Gasteiger partial charge in [-0.05, 0) is 28.9 Å². The largest absolute Gasteiger partial charge is 0.389 e. The number of halogens is 2. The third-order valence-corrected chi connectivity index (χ3v) is 2.63. The van der Waals surface area contributed by atoms with Crippen LogP contribution in [0.1, 0.15) is 18.6 Å². The van der Waals surface area contributed by atoms with Gasteiger partial charge in [-0.3, -0.25) is 0 Å². The summed E-state index contributed by atoms with van der Waals surface area (Å²) in [5.74, 6) is 0. The number of aliphatic hydroxyl groups excluding tert-OH is 1. The zero-order valence-corrected chi connectivity index (χ0v) is 9.05. The maximum atomic E-state index is 9.29. The van der Waals surface area contributed by atoms with Gasteiger partial charge in [0.2, 0.25) is 0 Å². The summed E-state index contributed by atoms with van der Waals surface area (Å²) < 4.78 is 1.55. The smallest absolute Gasteiger partial charge is 0.112 e. The molecule has 1 unspecified atom stereocenters. The molecule has 0 saturated heterocycles. The van der Waals surface area contributed by atoms with Gasteiger partial charge in [0.15, 0.2) is 0 Å². The molecule has 4 heteroatoms. The molecule has 0 amide bonds. The number of nitrogens with zero attached hydrogens (tertiary/aromatic N) is 1. The van der Waals surface area contributed by atoms with Crippen molar-refractivity contribution in [3.05, 3.63) is 26.9 Å². The van der Waals surface area contributed by atoms with E-state index in [-0.39, 0.29) is 0 Å². The molecule has 0 aliphatic carbocycles. The van der Waals surface area contributed by atoms with Crippen LogP contribution in [0.4, 0.5) is 0 Å². The van der Waals surface area contributed by atoms with Crippen LogP contribution in [-0.2, 0) is 0 Å². The molecule has 2 nitrogen and oxygen atoms in total. The van der Waals surface area contributed by atoms with Gasteiger partial charge in [0.1, 0.15) is 4.60 Å². The molecule has 0 saturated carbocycles. The van der Waals surface area contributed by atoms with Crippen molar-refractivity contribution in [1.29, 1.82) is 0 Å². The van der Waals surface area contributed by atoms with E-state index in [0.29, 0.717) is 4.60 Å². The van der Waals surface area contributed by atoms with Crippen LogP contribution in [0.3, 0.4) is 0 Å². The molecule has 0 aliphatic heterocycles. The standard InChI is InChI=1S/C7H7Br2NO/c1-4(11)6-5(8)2-3-10-7(6)9/h2-4,11H,1H3. The molecule has 0 aliphatic rings. The molecule has 1 aromatic heterocycles. The minimum Gasteiger partial charge on any atom is -0.389 e. The number of aromatic nitrogens is 1. The highest BCUT2D eigenvalue weighted by atomic mass is 79.9. The summed E-state index contributed by atoms with van der Waals surface area (Å²) >= 11 is 6.56. The van der Waals surface area contributed by atoms with Crippen LogP contribution in [0.5, 0.6) is 0 Å². The van der Waals surface area contributed by atoms with E-state index in [1.165, 1.54) is 0 Å². The third-order valence-electron chi connectivity index (χ3n) is 1.31. The molecule has 1 atom stereocenters. The highest BCUT2D eigenvalue weighted by Crippen LogP contribution is 2.28. The van der Waals surface area contributed by atoms with E-state index in [0.717, 1.165) is 10.0 Å². The first-order valence-corrected chi connectivity index (χ1v) is 4.69. The molecule has 0 spiro atoms. The monoisotopic (exact) mass is 279 g/mol. The van der Waals surface area contributed by atoms with Crippen LogP contribution in [0.25, 0.3) is 0 Å². The van der Waals surface area contributed by atoms with Crippen LogP contribution >= 0.6 is 31.9 Å². The lowest BCUT2D eigenvalue weighted by Gasteiger charge is -2.07. The van der Waals surface area contributed by atoms with Crippen LogP contribution < -0.4 is 0 Å². The fourth-order valence-corrected chi connectivity index (χ4v) is 2.36. The lowest BCUT2D eigenvalue weighted by Crippen LogP contribution is -1.95. The first-order valence-electron chi connectivity index (χ1n) is 3.11. The summed E-state index contributed by atoms with van der Waals surface area (Å²) in [6.07, 6.45) is 1.16. The molecule has 11 heavy (non-hydrogen) atoms. The van der Waals surface area contributed by atoms with E-state index < -0.39 is 6.10 Å². The Morgan fingerprint density at radius 3 is 2.55 bits per heavy atom. The maximum absolute atomic E-state index is 9.29. The molecule has 0 aromatic carbocycles. The Kier molecular flexibility index (Phi) is 3.04. The van der Waals surface area contributed by atoms with Crippen LogP contribution in [0.15, 0.2) is 21.3 Å². The first kappa shape index (κ1) is 9.16. The van der Waals surface area contributed by atoms with E-state index in [1.807, 2.05) is 0 Å². The predicted molar refractivity (Wildman–Crippen MR) is 50.3 cm³/mol. The second kappa shape index (κ2) is 3.65. The van der Waals surface area contributed by atoms with Crippen molar-refractivity contribution in [2.75, 3.05) is 0 Å². The van der Waals surface area contributed by atoms with E-state index in [4.69, 9.17) is 0 Å². The van der Waals surface area contributed by atoms with Crippen molar-refractivity contribution in [3.63, 3.8) is 0 Å². The van der Waals surface area contributed by atoms with Crippen LogP contribution in [-0.4, -0.2) is 10.1 Å². The molecule has 1 N–H and O–H groups in total. The number of rotatable bonds is 1. The second-order valence-corrected chi connectivity index (χ2v) is 3.78.